The molecule has 0 radical (unpaired) electrons. The van der Waals surface area contributed by atoms with Gasteiger partial charge in [0.15, 0.2) is 0 Å². The Morgan fingerprint density at radius 1 is 1.32 bits per heavy atom. The summed E-state index contributed by atoms with van der Waals surface area (Å²) in [5.74, 6) is 0.342. The maximum Gasteiger partial charge on any atom is 0.246 e. The molecular weight excluding hydrogens is 307 g/mol. The van der Waals surface area contributed by atoms with Crippen LogP contribution in [0.15, 0.2) is 17.0 Å². The number of sulfonamides is 1. The first kappa shape index (κ1) is 14.9. The summed E-state index contributed by atoms with van der Waals surface area (Å²) in [5, 5.41) is 0.145. The van der Waals surface area contributed by atoms with E-state index < -0.39 is 10.0 Å². The number of rotatable bonds is 2. The summed E-state index contributed by atoms with van der Waals surface area (Å²) in [4.78, 5) is -0.0425. The molecule has 0 aliphatic carbocycles. The minimum atomic E-state index is -3.66. The molecule has 2 N–H and O–H groups in total. The Labute approximate surface area is 123 Å². The van der Waals surface area contributed by atoms with Gasteiger partial charge in [-0.2, -0.15) is 4.31 Å². The minimum absolute atomic E-state index is 0.0425. The van der Waals surface area contributed by atoms with Gasteiger partial charge < -0.3 is 5.73 Å². The van der Waals surface area contributed by atoms with E-state index in [1.165, 1.54) is 16.4 Å². The van der Waals surface area contributed by atoms with Gasteiger partial charge in [0.1, 0.15) is 4.90 Å². The van der Waals surface area contributed by atoms with Crippen molar-refractivity contribution < 1.29 is 8.42 Å². The van der Waals surface area contributed by atoms with Crippen molar-refractivity contribution in [3.05, 3.63) is 22.2 Å². The molecule has 0 saturated carbocycles. The van der Waals surface area contributed by atoms with Crippen LogP contribution < -0.4 is 5.73 Å². The fourth-order valence-corrected chi connectivity index (χ4v) is 5.10. The molecular formula is C12H16Cl2N2O2S. The van der Waals surface area contributed by atoms with Crippen molar-refractivity contribution in [1.82, 2.24) is 4.31 Å². The number of benzene rings is 1. The Kier molecular flexibility index (Phi) is 4.30. The van der Waals surface area contributed by atoms with Crippen LogP contribution in [0.2, 0.25) is 10.0 Å². The van der Waals surface area contributed by atoms with Crippen LogP contribution in [0.4, 0.5) is 5.69 Å². The van der Waals surface area contributed by atoms with Crippen molar-refractivity contribution in [2.75, 3.05) is 18.8 Å². The highest BCUT2D eigenvalue weighted by atomic mass is 35.5. The second kappa shape index (κ2) is 5.48. The summed E-state index contributed by atoms with van der Waals surface area (Å²) >= 11 is 12.0. The highest BCUT2D eigenvalue weighted by Gasteiger charge is 2.32. The molecule has 4 nitrogen and oxygen atoms in total. The largest absolute Gasteiger partial charge is 0.399 e. The van der Waals surface area contributed by atoms with E-state index in [0.29, 0.717) is 24.7 Å². The van der Waals surface area contributed by atoms with Gasteiger partial charge in [-0.1, -0.05) is 30.1 Å². The fraction of sp³-hybridized carbons (Fsp3) is 0.500. The summed E-state index contributed by atoms with van der Waals surface area (Å²) < 4.78 is 26.7. The third kappa shape index (κ3) is 2.99. The van der Waals surface area contributed by atoms with Gasteiger partial charge in [0.2, 0.25) is 10.0 Å². The number of nitrogens with two attached hydrogens (primary N) is 1. The van der Waals surface area contributed by atoms with Crippen molar-refractivity contribution in [2.24, 2.45) is 5.92 Å². The van der Waals surface area contributed by atoms with Crippen molar-refractivity contribution in [3.8, 4) is 0 Å². The van der Waals surface area contributed by atoms with Gasteiger partial charge in [0, 0.05) is 18.8 Å². The van der Waals surface area contributed by atoms with E-state index in [-0.39, 0.29) is 14.9 Å². The molecule has 0 spiro atoms. The molecule has 0 amide bonds. The van der Waals surface area contributed by atoms with Crippen LogP contribution in [0.3, 0.4) is 0 Å². The molecule has 1 fully saturated rings. The quantitative estimate of drug-likeness (QED) is 0.851. The van der Waals surface area contributed by atoms with Crippen LogP contribution in [0.1, 0.15) is 19.8 Å². The Hall–Kier alpha value is -0.490. The SMILES string of the molecule is CC1CCCN(S(=O)(=O)c2c(Cl)cc(N)cc2Cl)C1. The summed E-state index contributed by atoms with van der Waals surface area (Å²) in [5.41, 5.74) is 5.94. The maximum absolute atomic E-state index is 12.6. The molecule has 1 atom stereocenters. The van der Waals surface area contributed by atoms with Gasteiger partial charge in [0.25, 0.3) is 0 Å². The zero-order chi connectivity index (χ0) is 14.2. The lowest BCUT2D eigenvalue weighted by atomic mass is 10.0. The Morgan fingerprint density at radius 3 is 2.42 bits per heavy atom. The third-order valence-electron chi connectivity index (χ3n) is 3.24. The van der Waals surface area contributed by atoms with Gasteiger partial charge in [0.05, 0.1) is 10.0 Å². The topological polar surface area (TPSA) is 63.4 Å². The number of anilines is 1. The third-order valence-corrected chi connectivity index (χ3v) is 6.03. The van der Waals surface area contributed by atoms with Crippen LogP contribution in [-0.4, -0.2) is 25.8 Å². The van der Waals surface area contributed by atoms with E-state index in [9.17, 15) is 8.42 Å². The van der Waals surface area contributed by atoms with Crippen molar-refractivity contribution in [3.63, 3.8) is 0 Å². The second-order valence-electron chi connectivity index (χ2n) is 4.92. The van der Waals surface area contributed by atoms with E-state index >= 15 is 0 Å². The highest BCUT2D eigenvalue weighted by Crippen LogP contribution is 2.35. The normalized spacial score (nSPS) is 21.5. The summed E-state index contributed by atoms with van der Waals surface area (Å²) in [6.45, 7) is 3.04. The van der Waals surface area contributed by atoms with Crippen molar-refractivity contribution in [1.29, 1.82) is 0 Å². The monoisotopic (exact) mass is 322 g/mol. The van der Waals surface area contributed by atoms with Gasteiger partial charge in [-0.15, -0.1) is 0 Å². The van der Waals surface area contributed by atoms with Gasteiger partial charge in [-0.3, -0.25) is 0 Å². The predicted molar refractivity (Wildman–Crippen MR) is 78.0 cm³/mol. The van der Waals surface area contributed by atoms with E-state index in [0.717, 1.165) is 12.8 Å². The molecule has 106 valence electrons. The number of hydrogen-bond donors (Lipinski definition) is 1. The van der Waals surface area contributed by atoms with E-state index in [4.69, 9.17) is 28.9 Å². The maximum atomic E-state index is 12.6. The van der Waals surface area contributed by atoms with Crippen molar-refractivity contribution in [2.45, 2.75) is 24.7 Å². The van der Waals surface area contributed by atoms with E-state index in [1.807, 2.05) is 6.92 Å². The van der Waals surface area contributed by atoms with E-state index in [2.05, 4.69) is 0 Å². The zero-order valence-corrected chi connectivity index (χ0v) is 12.9. The molecule has 1 aromatic rings. The van der Waals surface area contributed by atoms with Crippen LogP contribution in [0.25, 0.3) is 0 Å². The molecule has 0 bridgehead atoms. The molecule has 1 saturated heterocycles. The summed E-state index contributed by atoms with van der Waals surface area (Å²) in [7, 11) is -3.66. The second-order valence-corrected chi connectivity index (χ2v) is 7.61. The van der Waals surface area contributed by atoms with Crippen LogP contribution in [0, 0.1) is 5.92 Å². The molecule has 1 aromatic carbocycles. The molecule has 1 aliphatic heterocycles. The fourth-order valence-electron chi connectivity index (χ4n) is 2.32. The highest BCUT2D eigenvalue weighted by molar-refractivity contribution is 7.89. The van der Waals surface area contributed by atoms with E-state index in [1.54, 1.807) is 0 Å². The van der Waals surface area contributed by atoms with Crippen LogP contribution in [0.5, 0.6) is 0 Å². The molecule has 1 heterocycles. The average molecular weight is 323 g/mol. The zero-order valence-electron chi connectivity index (χ0n) is 10.6. The smallest absolute Gasteiger partial charge is 0.246 e. The number of halogens is 2. The Balaban J connectivity index is 2.45. The van der Waals surface area contributed by atoms with Crippen molar-refractivity contribution >= 4 is 38.9 Å². The standard InChI is InChI=1S/C12H16Cl2N2O2S/c1-8-3-2-4-16(7-8)19(17,18)12-10(13)5-9(15)6-11(12)14/h5-6,8H,2-4,7,15H2,1H3. The van der Waals surface area contributed by atoms with Crippen LogP contribution >= 0.6 is 23.2 Å². The minimum Gasteiger partial charge on any atom is -0.399 e. The number of nitrogen functional groups attached to an aromatic ring is 1. The first-order valence-corrected chi connectivity index (χ1v) is 8.26. The number of piperidine rings is 1. The summed E-state index contributed by atoms with van der Waals surface area (Å²) in [6, 6.07) is 2.82. The lowest BCUT2D eigenvalue weighted by Crippen LogP contribution is -2.39. The summed E-state index contributed by atoms with van der Waals surface area (Å²) in [6.07, 6.45) is 1.89. The molecule has 19 heavy (non-hydrogen) atoms. The number of nitrogens with zero attached hydrogens (tertiary/aromatic N) is 1. The van der Waals surface area contributed by atoms with Gasteiger partial charge in [-0.25, -0.2) is 8.42 Å². The van der Waals surface area contributed by atoms with Gasteiger partial charge in [-0.05, 0) is 30.9 Å². The molecule has 7 heteroatoms. The van der Waals surface area contributed by atoms with Crippen LogP contribution in [-0.2, 0) is 10.0 Å². The average Bonchev–Trinajstić information content (AvgIpc) is 2.26. The molecule has 1 aliphatic rings. The Bertz CT molecular complexity index is 566. The Morgan fingerprint density at radius 2 is 1.89 bits per heavy atom. The number of hydrogen-bond acceptors (Lipinski definition) is 3. The first-order valence-electron chi connectivity index (χ1n) is 6.07. The lowest BCUT2D eigenvalue weighted by molar-refractivity contribution is 0.281. The molecule has 0 aromatic heterocycles. The van der Waals surface area contributed by atoms with Gasteiger partial charge >= 0.3 is 0 Å². The first-order chi connectivity index (χ1) is 8.82. The lowest BCUT2D eigenvalue weighted by Gasteiger charge is -2.30. The molecule has 1 unspecified atom stereocenters. The predicted octanol–water partition coefficient (Wildman–Crippen LogP) is 3.00. The molecule has 2 rings (SSSR count).